The normalized spacial score (nSPS) is 12.7. The molecule has 0 heterocycles. The molecule has 4 rings (SSSR count). The summed E-state index contributed by atoms with van der Waals surface area (Å²) in [4.78, 5) is 25.5. The number of hydrogen-bond acceptors (Lipinski definition) is 6. The molecule has 0 aromatic heterocycles. The lowest BCUT2D eigenvalue weighted by Gasteiger charge is -2.27. The molecule has 0 saturated heterocycles. The molecule has 0 fully saturated rings. The summed E-state index contributed by atoms with van der Waals surface area (Å²) < 4.78 is 12.5. The van der Waals surface area contributed by atoms with E-state index >= 15 is 0 Å². The number of fused-ring (bicyclic) bond motifs is 1. The predicted molar refractivity (Wildman–Crippen MR) is 166 cm³/mol. The smallest absolute Gasteiger partial charge is 0.412 e. The predicted octanol–water partition coefficient (Wildman–Crippen LogP) is 7.01. The minimum atomic E-state index is -0.916. The van der Waals surface area contributed by atoms with Crippen LogP contribution in [0.1, 0.15) is 24.5 Å². The highest BCUT2D eigenvalue weighted by Gasteiger charge is 2.29. The summed E-state index contributed by atoms with van der Waals surface area (Å²) in [6, 6.07) is 25.4. The van der Waals surface area contributed by atoms with Gasteiger partial charge >= 0.3 is 6.09 Å². The van der Waals surface area contributed by atoms with Crippen molar-refractivity contribution in [3.63, 3.8) is 0 Å². The number of amides is 2. The number of nitrogen functional groups attached to an aromatic ring is 1. The van der Waals surface area contributed by atoms with Gasteiger partial charge in [-0.3, -0.25) is 10.1 Å². The van der Waals surface area contributed by atoms with E-state index in [4.69, 9.17) is 15.2 Å². The summed E-state index contributed by atoms with van der Waals surface area (Å²) in [5, 5.41) is 18.1. The Balaban J connectivity index is 1.48. The molecule has 0 bridgehead atoms. The molecule has 2 amide bonds. The zero-order chi connectivity index (χ0) is 28.5. The van der Waals surface area contributed by atoms with Crippen LogP contribution in [0.4, 0.5) is 21.9 Å². The van der Waals surface area contributed by atoms with Gasteiger partial charge < -0.3 is 25.6 Å². The number of rotatable bonds is 10. The van der Waals surface area contributed by atoms with Gasteiger partial charge in [0.25, 0.3) is 0 Å². The Hall–Kier alpha value is -4.09. The molecular weight excluding hydrogens is 621 g/mol. The highest BCUT2D eigenvalue weighted by atomic mass is 127. The van der Waals surface area contributed by atoms with E-state index in [1.807, 2.05) is 36.4 Å². The van der Waals surface area contributed by atoms with Crippen LogP contribution in [0.15, 0.2) is 97.1 Å². The molecule has 0 aliphatic heterocycles. The third kappa shape index (κ3) is 7.51. The fourth-order valence-electron chi connectivity index (χ4n) is 4.31. The summed E-state index contributed by atoms with van der Waals surface area (Å²) in [5.41, 5.74) is 7.93. The Morgan fingerprint density at radius 1 is 0.975 bits per heavy atom. The molecule has 8 nitrogen and oxygen atoms in total. The van der Waals surface area contributed by atoms with Crippen molar-refractivity contribution in [3.8, 4) is 5.75 Å². The van der Waals surface area contributed by atoms with Crippen LogP contribution in [-0.4, -0.2) is 30.3 Å². The zero-order valence-electron chi connectivity index (χ0n) is 21.8. The molecule has 0 aliphatic rings. The molecular formula is C31H30IN3O5. The molecule has 0 spiro atoms. The highest BCUT2D eigenvalue weighted by molar-refractivity contribution is 14.1. The van der Waals surface area contributed by atoms with E-state index in [9.17, 15) is 14.7 Å². The number of phenols is 1. The molecule has 5 N–H and O–H groups in total. The topological polar surface area (TPSA) is 123 Å². The first-order valence-electron chi connectivity index (χ1n) is 12.6. The van der Waals surface area contributed by atoms with Crippen molar-refractivity contribution in [2.45, 2.75) is 25.0 Å². The molecule has 0 aliphatic carbocycles. The van der Waals surface area contributed by atoms with Crippen LogP contribution in [-0.2, 0) is 14.3 Å². The molecule has 4 aromatic carbocycles. The van der Waals surface area contributed by atoms with Crippen molar-refractivity contribution < 1.29 is 24.2 Å². The minimum absolute atomic E-state index is 0.0132. The van der Waals surface area contributed by atoms with Crippen LogP contribution in [0, 0.1) is 3.57 Å². The number of nitrogens with one attached hydrogen (secondary N) is 2. The third-order valence-electron chi connectivity index (χ3n) is 6.30. The average Bonchev–Trinajstić information content (AvgIpc) is 2.95. The van der Waals surface area contributed by atoms with Crippen molar-refractivity contribution in [2.24, 2.45) is 0 Å². The lowest BCUT2D eigenvalue weighted by Crippen LogP contribution is -2.28. The van der Waals surface area contributed by atoms with Crippen LogP contribution < -0.4 is 16.4 Å². The number of ether oxygens (including phenoxy) is 2. The van der Waals surface area contributed by atoms with Crippen molar-refractivity contribution in [1.29, 1.82) is 0 Å². The number of allylic oxidation sites excluding steroid dienone is 1. The van der Waals surface area contributed by atoms with Gasteiger partial charge in [0.05, 0.1) is 23.2 Å². The van der Waals surface area contributed by atoms with E-state index in [1.165, 1.54) is 13.2 Å². The summed E-state index contributed by atoms with van der Waals surface area (Å²) in [5.74, 6) is -0.329. The van der Waals surface area contributed by atoms with Gasteiger partial charge in [-0.1, -0.05) is 54.6 Å². The van der Waals surface area contributed by atoms with Crippen LogP contribution in [0.3, 0.4) is 0 Å². The first-order valence-corrected chi connectivity index (χ1v) is 13.7. The number of aromatic hydroxyl groups is 1. The van der Waals surface area contributed by atoms with Crippen molar-refractivity contribution in [2.75, 3.05) is 23.5 Å². The van der Waals surface area contributed by atoms with Crippen molar-refractivity contribution >= 4 is 62.4 Å². The number of halogens is 1. The fraction of sp³-hybridized carbons (Fsp3) is 0.161. The van der Waals surface area contributed by atoms with Gasteiger partial charge in [0.2, 0.25) is 5.91 Å². The number of para-hydroxylation sites is 2. The van der Waals surface area contributed by atoms with Crippen LogP contribution in [0.5, 0.6) is 5.75 Å². The van der Waals surface area contributed by atoms with Gasteiger partial charge in [0, 0.05) is 21.6 Å². The SMILES string of the molecule is CO[C@@H](CC/C=C/C(=O)Nc1ccccc1N)[C@@H](OC(=O)Nc1cccc2ccccc12)c1cc(I)ccc1O. The molecule has 0 saturated carbocycles. The zero-order valence-corrected chi connectivity index (χ0v) is 24.0. The van der Waals surface area contributed by atoms with Crippen LogP contribution in [0.25, 0.3) is 10.8 Å². The molecule has 4 aromatic rings. The Morgan fingerprint density at radius 3 is 2.50 bits per heavy atom. The molecule has 0 radical (unpaired) electrons. The van der Waals surface area contributed by atoms with E-state index < -0.39 is 18.3 Å². The number of carbonyl (C=O) groups excluding carboxylic acids is 2. The molecule has 206 valence electrons. The number of methoxy groups -OCH3 is 1. The first kappa shape index (κ1) is 28.9. The highest BCUT2D eigenvalue weighted by Crippen LogP contribution is 2.34. The second-order valence-corrected chi connectivity index (χ2v) is 10.3. The van der Waals surface area contributed by atoms with E-state index in [-0.39, 0.29) is 11.7 Å². The minimum Gasteiger partial charge on any atom is -0.508 e. The molecule has 2 atom stereocenters. The van der Waals surface area contributed by atoms with Crippen LogP contribution in [0.2, 0.25) is 0 Å². The second-order valence-electron chi connectivity index (χ2n) is 9.01. The summed E-state index contributed by atoms with van der Waals surface area (Å²) in [7, 11) is 1.52. The Bertz CT molecular complexity index is 1520. The number of hydrogen-bond donors (Lipinski definition) is 4. The Labute approximate surface area is 246 Å². The van der Waals surface area contributed by atoms with Crippen molar-refractivity contribution in [1.82, 2.24) is 0 Å². The van der Waals surface area contributed by atoms with E-state index in [0.717, 1.165) is 14.3 Å². The lowest BCUT2D eigenvalue weighted by molar-refractivity contribution is -0.111. The first-order chi connectivity index (χ1) is 19.4. The molecule has 9 heteroatoms. The van der Waals surface area contributed by atoms with Gasteiger partial charge in [-0.05, 0) is 83.3 Å². The van der Waals surface area contributed by atoms with Gasteiger partial charge in [-0.2, -0.15) is 0 Å². The van der Waals surface area contributed by atoms with Gasteiger partial charge in [-0.25, -0.2) is 4.79 Å². The number of nitrogens with two attached hydrogens (primary N) is 1. The van der Waals surface area contributed by atoms with Gasteiger partial charge in [0.1, 0.15) is 5.75 Å². The Kier molecular flexibility index (Phi) is 9.98. The molecule has 40 heavy (non-hydrogen) atoms. The lowest BCUT2D eigenvalue weighted by atomic mass is 9.99. The molecule has 0 unspecified atom stereocenters. The summed E-state index contributed by atoms with van der Waals surface area (Å²) >= 11 is 2.13. The van der Waals surface area contributed by atoms with E-state index in [0.29, 0.717) is 35.5 Å². The monoisotopic (exact) mass is 651 g/mol. The van der Waals surface area contributed by atoms with Crippen LogP contribution >= 0.6 is 22.6 Å². The summed E-state index contributed by atoms with van der Waals surface area (Å²) in [6.07, 6.45) is 1.78. The van der Waals surface area contributed by atoms with Gasteiger partial charge in [-0.15, -0.1) is 0 Å². The fourth-order valence-corrected chi connectivity index (χ4v) is 4.83. The van der Waals surface area contributed by atoms with Crippen molar-refractivity contribution in [3.05, 3.63) is 106 Å². The van der Waals surface area contributed by atoms with E-state index in [1.54, 1.807) is 54.6 Å². The quantitative estimate of drug-likeness (QED) is 0.0832. The average molecular weight is 652 g/mol. The largest absolute Gasteiger partial charge is 0.508 e. The standard InChI is InChI=1S/C31H30IN3O5/c1-39-28(15-6-7-16-29(37)34-26-13-5-4-12-24(26)33)30(23-19-21(32)17-18-27(23)36)40-31(38)35-25-14-8-10-20-9-2-3-11-22(20)25/h2-5,7-14,16-19,28,30,36H,6,15,33H2,1H3,(H,34,37)(H,35,38)/b16-7+/t28-,30-/m0/s1. The Morgan fingerprint density at radius 2 is 1.70 bits per heavy atom. The number of benzene rings is 4. The number of phenolic OH excluding ortho intramolecular Hbond substituents is 1. The maximum absolute atomic E-state index is 13.1. The second kappa shape index (κ2) is 13.8. The number of anilines is 3. The number of carbonyl (C=O) groups is 2. The van der Waals surface area contributed by atoms with Gasteiger partial charge in [0.15, 0.2) is 6.10 Å². The van der Waals surface area contributed by atoms with E-state index in [2.05, 4.69) is 33.2 Å². The maximum Gasteiger partial charge on any atom is 0.412 e. The maximum atomic E-state index is 13.1. The summed E-state index contributed by atoms with van der Waals surface area (Å²) in [6.45, 7) is 0. The third-order valence-corrected chi connectivity index (χ3v) is 6.97.